The van der Waals surface area contributed by atoms with Crippen molar-refractivity contribution in [1.29, 1.82) is 0 Å². The van der Waals surface area contributed by atoms with Gasteiger partial charge in [0.25, 0.3) is 0 Å². The number of methoxy groups -OCH3 is 1. The number of carbonyl (C=O) groups is 1. The molecule has 0 fully saturated rings. The van der Waals surface area contributed by atoms with Gasteiger partial charge >= 0.3 is 5.97 Å². The van der Waals surface area contributed by atoms with Crippen molar-refractivity contribution in [3.63, 3.8) is 0 Å². The Morgan fingerprint density at radius 3 is 2.57 bits per heavy atom. The summed E-state index contributed by atoms with van der Waals surface area (Å²) in [5, 5.41) is 1.000. The van der Waals surface area contributed by atoms with Crippen molar-refractivity contribution in [2.24, 2.45) is 0 Å². The molecule has 3 nitrogen and oxygen atoms in total. The third-order valence-electron chi connectivity index (χ3n) is 2.15. The lowest BCUT2D eigenvalue weighted by Crippen LogP contribution is -2.13. The predicted octanol–water partition coefficient (Wildman–Crippen LogP) is 2.43. The molecule has 14 heavy (non-hydrogen) atoms. The highest BCUT2D eigenvalue weighted by molar-refractivity contribution is 7.11. The fourth-order valence-electron chi connectivity index (χ4n) is 1.47. The maximum absolute atomic E-state index is 11.5. The van der Waals surface area contributed by atoms with Crippen LogP contribution in [0.3, 0.4) is 0 Å². The van der Waals surface area contributed by atoms with Crippen LogP contribution in [-0.2, 0) is 9.53 Å². The molecule has 0 aliphatic carbocycles. The van der Waals surface area contributed by atoms with Crippen LogP contribution < -0.4 is 0 Å². The van der Waals surface area contributed by atoms with Crippen LogP contribution in [0.2, 0.25) is 0 Å². The topological polar surface area (TPSA) is 39.2 Å². The Bertz CT molecular complexity index is 333. The van der Waals surface area contributed by atoms with Crippen LogP contribution >= 0.6 is 11.3 Å². The standard InChI is InChI=1S/C10H15NO2S/c1-5-8(10(12)13-4)9-6(2)11-7(3)14-9/h8H,5H2,1-4H3. The van der Waals surface area contributed by atoms with Crippen molar-refractivity contribution < 1.29 is 9.53 Å². The average molecular weight is 213 g/mol. The first-order chi connectivity index (χ1) is 6.60. The van der Waals surface area contributed by atoms with Gasteiger partial charge in [-0.05, 0) is 20.3 Å². The minimum absolute atomic E-state index is 0.147. The Kier molecular flexibility index (Phi) is 3.63. The number of thiazole rings is 1. The second-order valence-electron chi connectivity index (χ2n) is 3.17. The first kappa shape index (κ1) is 11.2. The van der Waals surface area contributed by atoms with Gasteiger partial charge in [-0.3, -0.25) is 4.79 Å². The number of aromatic nitrogens is 1. The molecule has 1 aromatic heterocycles. The molecular weight excluding hydrogens is 198 g/mol. The molecule has 0 bridgehead atoms. The smallest absolute Gasteiger partial charge is 0.314 e. The highest BCUT2D eigenvalue weighted by atomic mass is 32.1. The van der Waals surface area contributed by atoms with Crippen LogP contribution in [0.4, 0.5) is 0 Å². The molecule has 1 unspecified atom stereocenters. The van der Waals surface area contributed by atoms with E-state index in [-0.39, 0.29) is 11.9 Å². The Morgan fingerprint density at radius 1 is 1.57 bits per heavy atom. The maximum atomic E-state index is 11.5. The first-order valence-electron chi connectivity index (χ1n) is 4.61. The monoisotopic (exact) mass is 213 g/mol. The summed E-state index contributed by atoms with van der Waals surface area (Å²) in [5.74, 6) is -0.314. The lowest BCUT2D eigenvalue weighted by Gasteiger charge is -2.10. The van der Waals surface area contributed by atoms with E-state index >= 15 is 0 Å². The molecule has 0 N–H and O–H groups in total. The summed E-state index contributed by atoms with van der Waals surface area (Å²) in [6.45, 7) is 5.87. The molecule has 0 radical (unpaired) electrons. The van der Waals surface area contributed by atoms with Crippen LogP contribution in [-0.4, -0.2) is 18.1 Å². The van der Waals surface area contributed by atoms with Gasteiger partial charge in [0.15, 0.2) is 0 Å². The largest absolute Gasteiger partial charge is 0.469 e. The summed E-state index contributed by atoms with van der Waals surface area (Å²) >= 11 is 1.58. The molecule has 1 rings (SSSR count). The van der Waals surface area contributed by atoms with E-state index in [1.807, 2.05) is 20.8 Å². The van der Waals surface area contributed by atoms with Crippen LogP contribution in [0.1, 0.15) is 34.8 Å². The number of ether oxygens (including phenoxy) is 1. The third kappa shape index (κ3) is 2.12. The van der Waals surface area contributed by atoms with Crippen molar-refractivity contribution in [2.45, 2.75) is 33.1 Å². The average Bonchev–Trinajstić information content (AvgIpc) is 2.47. The molecular formula is C10H15NO2S. The normalized spacial score (nSPS) is 12.6. The van der Waals surface area contributed by atoms with E-state index in [2.05, 4.69) is 4.98 Å². The number of nitrogens with zero attached hydrogens (tertiary/aromatic N) is 1. The summed E-state index contributed by atoms with van der Waals surface area (Å²) in [4.78, 5) is 16.8. The summed E-state index contributed by atoms with van der Waals surface area (Å²) < 4.78 is 4.76. The van der Waals surface area contributed by atoms with Crippen molar-refractivity contribution in [3.8, 4) is 0 Å². The zero-order valence-electron chi connectivity index (χ0n) is 8.96. The number of hydrogen-bond acceptors (Lipinski definition) is 4. The fraction of sp³-hybridized carbons (Fsp3) is 0.600. The molecule has 0 saturated carbocycles. The summed E-state index contributed by atoms with van der Waals surface area (Å²) in [5.41, 5.74) is 0.949. The predicted molar refractivity (Wildman–Crippen MR) is 56.6 cm³/mol. The lowest BCUT2D eigenvalue weighted by molar-refractivity contribution is -0.142. The van der Waals surface area contributed by atoms with E-state index in [4.69, 9.17) is 4.74 Å². The van der Waals surface area contributed by atoms with Gasteiger partial charge < -0.3 is 4.74 Å². The molecule has 1 heterocycles. The quantitative estimate of drug-likeness (QED) is 0.724. The van der Waals surface area contributed by atoms with Gasteiger partial charge in [0, 0.05) is 4.88 Å². The third-order valence-corrected chi connectivity index (χ3v) is 3.34. The van der Waals surface area contributed by atoms with E-state index in [0.717, 1.165) is 22.0 Å². The van der Waals surface area contributed by atoms with Crippen LogP contribution in [0, 0.1) is 13.8 Å². The van der Waals surface area contributed by atoms with E-state index in [1.165, 1.54) is 7.11 Å². The molecule has 0 aromatic carbocycles. The number of carbonyl (C=O) groups excluding carboxylic acids is 1. The Labute approximate surface area is 88.1 Å². The lowest BCUT2D eigenvalue weighted by atomic mass is 10.0. The van der Waals surface area contributed by atoms with Crippen molar-refractivity contribution >= 4 is 17.3 Å². The molecule has 0 aliphatic rings. The van der Waals surface area contributed by atoms with Gasteiger partial charge in [0.05, 0.1) is 23.7 Å². The summed E-state index contributed by atoms with van der Waals surface area (Å²) in [6, 6.07) is 0. The van der Waals surface area contributed by atoms with E-state index in [0.29, 0.717) is 0 Å². The minimum atomic E-state index is -0.167. The minimum Gasteiger partial charge on any atom is -0.469 e. The summed E-state index contributed by atoms with van der Waals surface area (Å²) in [7, 11) is 1.42. The Balaban J connectivity index is 3.00. The maximum Gasteiger partial charge on any atom is 0.314 e. The Morgan fingerprint density at radius 2 is 2.21 bits per heavy atom. The molecule has 0 aliphatic heterocycles. The number of rotatable bonds is 3. The SMILES string of the molecule is CCC(C(=O)OC)c1sc(C)nc1C. The summed E-state index contributed by atoms with van der Waals surface area (Å²) in [6.07, 6.45) is 0.759. The van der Waals surface area contributed by atoms with E-state index in [9.17, 15) is 4.79 Å². The molecule has 4 heteroatoms. The van der Waals surface area contributed by atoms with Crippen LogP contribution in [0.25, 0.3) is 0 Å². The second kappa shape index (κ2) is 4.55. The molecule has 1 aromatic rings. The van der Waals surface area contributed by atoms with Crippen molar-refractivity contribution in [3.05, 3.63) is 15.6 Å². The van der Waals surface area contributed by atoms with Gasteiger partial charge in [0.1, 0.15) is 0 Å². The van der Waals surface area contributed by atoms with Crippen LogP contribution in [0.15, 0.2) is 0 Å². The highest BCUT2D eigenvalue weighted by Gasteiger charge is 2.23. The van der Waals surface area contributed by atoms with Gasteiger partial charge in [-0.2, -0.15) is 0 Å². The van der Waals surface area contributed by atoms with Gasteiger partial charge in [-0.25, -0.2) is 4.98 Å². The van der Waals surface area contributed by atoms with Crippen molar-refractivity contribution in [2.75, 3.05) is 7.11 Å². The van der Waals surface area contributed by atoms with Crippen LogP contribution in [0.5, 0.6) is 0 Å². The van der Waals surface area contributed by atoms with Gasteiger partial charge in [0.2, 0.25) is 0 Å². The number of esters is 1. The zero-order valence-corrected chi connectivity index (χ0v) is 9.77. The molecule has 0 saturated heterocycles. The van der Waals surface area contributed by atoms with E-state index in [1.54, 1.807) is 11.3 Å². The number of hydrogen-bond donors (Lipinski definition) is 0. The second-order valence-corrected chi connectivity index (χ2v) is 4.40. The first-order valence-corrected chi connectivity index (χ1v) is 5.43. The fourth-order valence-corrected chi connectivity index (χ4v) is 2.57. The molecule has 1 atom stereocenters. The number of aryl methyl sites for hydroxylation is 2. The Hall–Kier alpha value is -0.900. The molecule has 0 amide bonds. The van der Waals surface area contributed by atoms with Crippen molar-refractivity contribution in [1.82, 2.24) is 4.98 Å². The molecule has 78 valence electrons. The highest BCUT2D eigenvalue weighted by Crippen LogP contribution is 2.29. The zero-order chi connectivity index (χ0) is 10.7. The van der Waals surface area contributed by atoms with E-state index < -0.39 is 0 Å². The van der Waals surface area contributed by atoms with Gasteiger partial charge in [-0.1, -0.05) is 6.92 Å². The van der Waals surface area contributed by atoms with Gasteiger partial charge in [-0.15, -0.1) is 11.3 Å². The molecule has 0 spiro atoms.